The molecule has 0 aromatic carbocycles. The molecule has 1 fully saturated rings. The van der Waals surface area contributed by atoms with Crippen LogP contribution in [-0.2, 0) is 9.31 Å². The molecule has 0 spiro atoms. The first kappa shape index (κ1) is 14.2. The van der Waals surface area contributed by atoms with Crippen LogP contribution in [0.4, 0.5) is 0 Å². The van der Waals surface area contributed by atoms with Gasteiger partial charge in [-0.3, -0.25) is 0 Å². The molecule has 0 N–H and O–H groups in total. The smallest absolute Gasteiger partial charge is 0.398 e. The predicted molar refractivity (Wildman–Crippen MR) is 78.2 cm³/mol. The van der Waals surface area contributed by atoms with Crippen molar-refractivity contribution in [2.75, 3.05) is 0 Å². The summed E-state index contributed by atoms with van der Waals surface area (Å²) in [4.78, 5) is 0. The average molecular weight is 314 g/mol. The maximum atomic E-state index is 6.09. The van der Waals surface area contributed by atoms with Gasteiger partial charge >= 0.3 is 7.12 Å². The summed E-state index contributed by atoms with van der Waals surface area (Å²) in [6.07, 6.45) is 0. The van der Waals surface area contributed by atoms with Gasteiger partial charge in [0.15, 0.2) is 0 Å². The van der Waals surface area contributed by atoms with Crippen molar-refractivity contribution in [1.82, 2.24) is 4.57 Å². The lowest BCUT2D eigenvalue weighted by Gasteiger charge is -2.32. The number of hydrogen-bond acceptors (Lipinski definition) is 2. The summed E-state index contributed by atoms with van der Waals surface area (Å²) in [5.74, 6) is 0. The highest BCUT2D eigenvalue weighted by molar-refractivity contribution is 9.10. The van der Waals surface area contributed by atoms with Gasteiger partial charge < -0.3 is 13.9 Å². The second-order valence-corrected chi connectivity index (χ2v) is 6.95. The molecule has 1 aliphatic heterocycles. The number of halogens is 1. The van der Waals surface area contributed by atoms with Gasteiger partial charge in [-0.25, -0.2) is 0 Å². The Morgan fingerprint density at radius 2 is 1.61 bits per heavy atom. The van der Waals surface area contributed by atoms with Gasteiger partial charge in [0.05, 0.1) is 15.8 Å². The summed E-state index contributed by atoms with van der Waals surface area (Å²) in [5.41, 5.74) is 0.474. The van der Waals surface area contributed by atoms with Crippen LogP contribution in [-0.4, -0.2) is 22.9 Å². The van der Waals surface area contributed by atoms with Crippen molar-refractivity contribution in [3.8, 4) is 0 Å². The molecule has 0 bridgehead atoms. The number of nitrogens with zero attached hydrogens (tertiary/aromatic N) is 1. The van der Waals surface area contributed by atoms with E-state index in [1.807, 2.05) is 6.07 Å². The quantitative estimate of drug-likeness (QED) is 0.783. The lowest BCUT2D eigenvalue weighted by Crippen LogP contribution is -2.41. The van der Waals surface area contributed by atoms with Gasteiger partial charge in [-0.05, 0) is 69.6 Å². The van der Waals surface area contributed by atoms with E-state index < -0.39 is 0 Å². The molecule has 1 aromatic heterocycles. The lowest BCUT2D eigenvalue weighted by molar-refractivity contribution is 0.00578. The zero-order valence-corrected chi connectivity index (χ0v) is 13.5. The molecule has 0 atom stereocenters. The first-order valence-corrected chi connectivity index (χ1v) is 7.17. The Labute approximate surface area is 118 Å². The van der Waals surface area contributed by atoms with Gasteiger partial charge in [-0.1, -0.05) is 0 Å². The third-order valence-corrected chi connectivity index (χ3v) is 4.56. The highest BCUT2D eigenvalue weighted by Crippen LogP contribution is 2.36. The molecule has 1 aliphatic rings. The molecule has 18 heavy (non-hydrogen) atoms. The van der Waals surface area contributed by atoms with Crippen molar-refractivity contribution in [3.05, 3.63) is 16.7 Å². The van der Waals surface area contributed by atoms with E-state index in [-0.39, 0.29) is 18.3 Å². The predicted octanol–water partition coefficient (Wildman–Crippen LogP) is 3.13. The zero-order valence-electron chi connectivity index (χ0n) is 12.0. The molecule has 0 aliphatic carbocycles. The number of rotatable bonds is 2. The summed E-state index contributed by atoms with van der Waals surface area (Å²) in [6, 6.07) is 4.47. The van der Waals surface area contributed by atoms with E-state index in [2.05, 4.69) is 68.1 Å². The standard InChI is InChI=1S/C13H21BBrNO2/c1-9(2)16-10(7-8-11(16)15)14-17-12(3,4)13(5,6)18-14/h7-9H,1-6H3. The van der Waals surface area contributed by atoms with E-state index in [1.165, 1.54) is 0 Å². The molecule has 0 unspecified atom stereocenters. The average Bonchev–Trinajstić information content (AvgIpc) is 2.66. The Kier molecular flexibility index (Phi) is 3.45. The topological polar surface area (TPSA) is 23.4 Å². The SMILES string of the molecule is CC(C)n1c(Br)ccc1B1OC(C)(C)C(C)(C)O1. The van der Waals surface area contributed by atoms with Crippen molar-refractivity contribution < 1.29 is 9.31 Å². The van der Waals surface area contributed by atoms with Crippen LogP contribution in [0, 0.1) is 0 Å². The molecule has 2 heterocycles. The summed E-state index contributed by atoms with van der Waals surface area (Å²) in [7, 11) is -0.302. The van der Waals surface area contributed by atoms with Crippen molar-refractivity contribution in [2.24, 2.45) is 0 Å². The van der Waals surface area contributed by atoms with Crippen LogP contribution in [0.5, 0.6) is 0 Å². The Morgan fingerprint density at radius 1 is 1.11 bits per heavy atom. The Hall–Kier alpha value is -0.255. The normalized spacial score (nSPS) is 21.9. The van der Waals surface area contributed by atoms with Crippen LogP contribution >= 0.6 is 15.9 Å². The molecule has 0 saturated carbocycles. The van der Waals surface area contributed by atoms with Crippen LogP contribution in [0.2, 0.25) is 0 Å². The number of hydrogen-bond donors (Lipinski definition) is 0. The van der Waals surface area contributed by atoms with Crippen molar-refractivity contribution in [3.63, 3.8) is 0 Å². The summed E-state index contributed by atoms with van der Waals surface area (Å²) in [5, 5.41) is 0. The molecule has 3 nitrogen and oxygen atoms in total. The molecular formula is C13H21BBrNO2. The maximum absolute atomic E-state index is 6.09. The highest BCUT2D eigenvalue weighted by atomic mass is 79.9. The summed E-state index contributed by atoms with van der Waals surface area (Å²) in [6.45, 7) is 12.6. The van der Waals surface area contributed by atoms with E-state index in [1.54, 1.807) is 0 Å². The second kappa shape index (κ2) is 4.39. The lowest BCUT2D eigenvalue weighted by atomic mass is 9.84. The Balaban J connectivity index is 2.36. The first-order chi connectivity index (χ1) is 8.16. The third kappa shape index (κ3) is 2.17. The molecule has 0 radical (unpaired) electrons. The second-order valence-electron chi connectivity index (χ2n) is 6.13. The van der Waals surface area contributed by atoms with Gasteiger partial charge in [0.1, 0.15) is 0 Å². The first-order valence-electron chi connectivity index (χ1n) is 6.38. The highest BCUT2D eigenvalue weighted by Gasteiger charge is 2.52. The van der Waals surface area contributed by atoms with E-state index in [0.29, 0.717) is 6.04 Å². The third-order valence-electron chi connectivity index (χ3n) is 3.91. The van der Waals surface area contributed by atoms with Crippen LogP contribution < -0.4 is 5.59 Å². The van der Waals surface area contributed by atoms with Gasteiger partial charge in [-0.15, -0.1) is 0 Å². The molecule has 1 aromatic rings. The van der Waals surface area contributed by atoms with Gasteiger partial charge in [0.25, 0.3) is 0 Å². The van der Waals surface area contributed by atoms with Crippen molar-refractivity contribution in [1.29, 1.82) is 0 Å². The number of aromatic nitrogens is 1. The van der Waals surface area contributed by atoms with Gasteiger partial charge in [-0.2, -0.15) is 0 Å². The van der Waals surface area contributed by atoms with E-state index in [4.69, 9.17) is 9.31 Å². The van der Waals surface area contributed by atoms with Gasteiger partial charge in [0.2, 0.25) is 0 Å². The van der Waals surface area contributed by atoms with Crippen molar-refractivity contribution in [2.45, 2.75) is 58.8 Å². The molecule has 100 valence electrons. The van der Waals surface area contributed by atoms with Gasteiger partial charge in [0, 0.05) is 11.6 Å². The summed E-state index contributed by atoms with van der Waals surface area (Å²) >= 11 is 3.57. The fraction of sp³-hybridized carbons (Fsp3) is 0.692. The minimum absolute atomic E-state index is 0.295. The minimum atomic E-state index is -0.302. The summed E-state index contributed by atoms with van der Waals surface area (Å²) < 4.78 is 15.4. The Morgan fingerprint density at radius 3 is 2.06 bits per heavy atom. The fourth-order valence-corrected chi connectivity index (χ4v) is 2.89. The fourth-order valence-electron chi connectivity index (χ4n) is 2.14. The molecule has 0 amide bonds. The molecule has 2 rings (SSSR count). The van der Waals surface area contributed by atoms with Crippen LogP contribution in [0.15, 0.2) is 16.7 Å². The largest absolute Gasteiger partial charge is 0.512 e. The van der Waals surface area contributed by atoms with Crippen molar-refractivity contribution >= 4 is 28.6 Å². The molecular weight excluding hydrogens is 293 g/mol. The monoisotopic (exact) mass is 313 g/mol. The van der Waals surface area contributed by atoms with Crippen LogP contribution in [0.25, 0.3) is 0 Å². The van der Waals surface area contributed by atoms with E-state index in [9.17, 15) is 0 Å². The molecule has 5 heteroatoms. The Bertz CT molecular complexity index is 438. The zero-order chi connectivity index (χ0) is 13.7. The minimum Gasteiger partial charge on any atom is -0.398 e. The van der Waals surface area contributed by atoms with E-state index in [0.717, 1.165) is 10.2 Å². The molecule has 1 saturated heterocycles. The van der Waals surface area contributed by atoms with E-state index >= 15 is 0 Å². The van der Waals surface area contributed by atoms with Crippen LogP contribution in [0.3, 0.4) is 0 Å². The van der Waals surface area contributed by atoms with Crippen LogP contribution in [0.1, 0.15) is 47.6 Å². The maximum Gasteiger partial charge on any atom is 0.512 e.